The first kappa shape index (κ1) is 56.4. The van der Waals surface area contributed by atoms with Crippen molar-refractivity contribution in [3.63, 3.8) is 0 Å². The first-order valence-corrected chi connectivity index (χ1v) is 25.4. The Bertz CT molecular complexity index is 1130. The van der Waals surface area contributed by atoms with Gasteiger partial charge in [-0.25, -0.2) is 4.57 Å². The van der Waals surface area contributed by atoms with Crippen molar-refractivity contribution in [1.82, 2.24) is 0 Å². The molecule has 352 valence electrons. The van der Waals surface area contributed by atoms with Crippen LogP contribution in [0.2, 0.25) is 0 Å². The van der Waals surface area contributed by atoms with Crippen LogP contribution in [-0.2, 0) is 27.9 Å². The average Bonchev–Trinajstić information content (AvgIpc) is 3.23. The lowest BCUT2D eigenvalue weighted by Gasteiger charge is -2.41. The van der Waals surface area contributed by atoms with E-state index in [2.05, 4.69) is 38.2 Å². The van der Waals surface area contributed by atoms with Crippen LogP contribution in [0.5, 0.6) is 0 Å². The third kappa shape index (κ3) is 29.7. The molecule has 12 nitrogen and oxygen atoms in total. The maximum atomic E-state index is 12.8. The summed E-state index contributed by atoms with van der Waals surface area (Å²) >= 11 is 0. The van der Waals surface area contributed by atoms with E-state index >= 15 is 0 Å². The fraction of sp³-hybridized carbons (Fsp3) is 0.851. The predicted octanol–water partition coefficient (Wildman–Crippen LogP) is 10.2. The van der Waals surface area contributed by atoms with Crippen molar-refractivity contribution in [3.05, 3.63) is 36.6 Å². The number of unbranched alkanes of at least 4 members (excludes halogenated alkanes) is 24. The van der Waals surface area contributed by atoms with Gasteiger partial charge in [-0.3, -0.25) is 13.8 Å². The summed E-state index contributed by atoms with van der Waals surface area (Å²) in [5, 5.41) is 50.2. The van der Waals surface area contributed by atoms with Gasteiger partial charge >= 0.3 is 13.8 Å². The molecule has 0 aromatic rings. The number of aliphatic hydroxyl groups is 5. The second-order valence-corrected chi connectivity index (χ2v) is 18.1. The van der Waals surface area contributed by atoms with Gasteiger partial charge in [0.05, 0.1) is 12.9 Å². The van der Waals surface area contributed by atoms with Crippen molar-refractivity contribution in [1.29, 1.82) is 0 Å². The standard InChI is InChI=1S/C47H87O12P/c1-3-5-7-9-11-13-15-17-19-21-22-24-26-28-30-32-34-36-41(48)58-40(39-57-60(54,55)59-47-45(52)43(50)42(49)44(51)46(47)53)38-56-37-35-33-31-29-27-25-23-20-18-16-14-12-10-8-6-4-2/h11,13,17,19,35,37,40,42-47,49-53H,3-10,12,14-16,18,20-34,36,38-39H2,1-2H3,(H,54,55)/b13-11-,19-17-,37-35-/t40-,42?,43-,44?,45?,46?,47?/m1/s1. The summed E-state index contributed by atoms with van der Waals surface area (Å²) in [5.41, 5.74) is 0. The Balaban J connectivity index is 2.41. The first-order chi connectivity index (χ1) is 29.0. The van der Waals surface area contributed by atoms with E-state index in [1.54, 1.807) is 0 Å². The lowest BCUT2D eigenvalue weighted by molar-refractivity contribution is -0.220. The molecule has 0 heterocycles. The van der Waals surface area contributed by atoms with Crippen LogP contribution in [0.1, 0.15) is 200 Å². The van der Waals surface area contributed by atoms with Gasteiger partial charge in [0.2, 0.25) is 0 Å². The molecule has 1 aliphatic rings. The topological polar surface area (TPSA) is 192 Å². The zero-order chi connectivity index (χ0) is 44.1. The van der Waals surface area contributed by atoms with Gasteiger partial charge in [0.1, 0.15) is 43.2 Å². The minimum atomic E-state index is -5.04. The van der Waals surface area contributed by atoms with E-state index in [4.69, 9.17) is 18.5 Å². The van der Waals surface area contributed by atoms with E-state index in [1.807, 2.05) is 6.08 Å². The number of esters is 1. The first-order valence-electron chi connectivity index (χ1n) is 23.9. The molecule has 1 aliphatic carbocycles. The monoisotopic (exact) mass is 875 g/mol. The van der Waals surface area contributed by atoms with Gasteiger partial charge in [-0.15, -0.1) is 0 Å². The molecule has 0 spiro atoms. The van der Waals surface area contributed by atoms with E-state index in [9.17, 15) is 39.8 Å². The summed E-state index contributed by atoms with van der Waals surface area (Å²) in [7, 11) is -5.04. The minimum Gasteiger partial charge on any atom is -0.498 e. The van der Waals surface area contributed by atoms with Gasteiger partial charge in [0.15, 0.2) is 6.10 Å². The predicted molar refractivity (Wildman–Crippen MR) is 239 cm³/mol. The summed E-state index contributed by atoms with van der Waals surface area (Å²) in [4.78, 5) is 23.1. The maximum absolute atomic E-state index is 12.8. The summed E-state index contributed by atoms with van der Waals surface area (Å²) in [5.74, 6) is -0.506. The van der Waals surface area contributed by atoms with E-state index < -0.39 is 63.1 Å². The molecule has 8 atom stereocenters. The smallest absolute Gasteiger partial charge is 0.472 e. The van der Waals surface area contributed by atoms with Crippen molar-refractivity contribution in [2.45, 2.75) is 243 Å². The van der Waals surface area contributed by atoms with Crippen molar-refractivity contribution in [2.75, 3.05) is 13.2 Å². The van der Waals surface area contributed by atoms with Gasteiger partial charge in [-0.05, 0) is 57.4 Å². The molecule has 60 heavy (non-hydrogen) atoms. The van der Waals surface area contributed by atoms with Crippen LogP contribution in [0.4, 0.5) is 0 Å². The van der Waals surface area contributed by atoms with Gasteiger partial charge in [-0.2, -0.15) is 0 Å². The highest BCUT2D eigenvalue weighted by atomic mass is 31.2. The lowest BCUT2D eigenvalue weighted by atomic mass is 9.85. The Morgan fingerprint density at radius 1 is 0.533 bits per heavy atom. The molecule has 6 unspecified atom stereocenters. The molecule has 1 rings (SSSR count). The molecule has 6 N–H and O–H groups in total. The van der Waals surface area contributed by atoms with Crippen molar-refractivity contribution < 1.29 is 58.3 Å². The van der Waals surface area contributed by atoms with Crippen molar-refractivity contribution in [2.24, 2.45) is 0 Å². The number of hydrogen-bond donors (Lipinski definition) is 6. The SMILES string of the molecule is CCCCC/C=C\C/C=C\CCCCCCCCCC(=O)O[C@H](CO/C=C\CCCCCCCCCCCCCCCC)COP(=O)(O)OC1C(O)C(O)C(O)[C@@H](O)C1O. The van der Waals surface area contributed by atoms with Crippen LogP contribution in [-0.4, -0.2) is 92.3 Å². The summed E-state index contributed by atoms with van der Waals surface area (Å²) in [6.07, 6.45) is 32.9. The van der Waals surface area contributed by atoms with Crippen LogP contribution >= 0.6 is 7.82 Å². The van der Waals surface area contributed by atoms with E-state index in [1.165, 1.54) is 122 Å². The average molecular weight is 875 g/mol. The van der Waals surface area contributed by atoms with Crippen LogP contribution < -0.4 is 0 Å². The van der Waals surface area contributed by atoms with E-state index in [0.717, 1.165) is 57.8 Å². The summed E-state index contributed by atoms with van der Waals surface area (Å²) in [6.45, 7) is 3.70. The van der Waals surface area contributed by atoms with Crippen molar-refractivity contribution in [3.8, 4) is 0 Å². The Kier molecular flexibility index (Phi) is 35.6. The number of phosphoric acid groups is 1. The third-order valence-electron chi connectivity index (χ3n) is 11.1. The maximum Gasteiger partial charge on any atom is 0.472 e. The highest BCUT2D eigenvalue weighted by molar-refractivity contribution is 7.47. The molecule has 1 saturated carbocycles. The van der Waals surface area contributed by atoms with Gasteiger partial charge in [0, 0.05) is 6.42 Å². The van der Waals surface area contributed by atoms with Crippen LogP contribution in [0.3, 0.4) is 0 Å². The Morgan fingerprint density at radius 2 is 0.933 bits per heavy atom. The van der Waals surface area contributed by atoms with Gasteiger partial charge < -0.3 is 39.9 Å². The molecule has 0 bridgehead atoms. The second kappa shape index (κ2) is 37.9. The molecule has 0 amide bonds. The number of carbonyl (C=O) groups is 1. The molecule has 0 saturated heterocycles. The normalized spacial score (nSPS) is 22.5. The fourth-order valence-corrected chi connectivity index (χ4v) is 8.21. The Hall–Kier alpha value is -1.60. The number of hydrogen-bond acceptors (Lipinski definition) is 11. The van der Waals surface area contributed by atoms with E-state index in [0.29, 0.717) is 6.42 Å². The minimum absolute atomic E-state index is 0.162. The molecular formula is C47H87O12P. The molecule has 0 aliphatic heterocycles. The third-order valence-corrected chi connectivity index (χ3v) is 12.1. The highest BCUT2D eigenvalue weighted by Gasteiger charge is 2.51. The number of aliphatic hydroxyl groups excluding tert-OH is 5. The van der Waals surface area contributed by atoms with Crippen LogP contribution in [0, 0.1) is 0 Å². The molecule has 0 aromatic carbocycles. The number of carbonyl (C=O) groups excluding carboxylic acids is 1. The van der Waals surface area contributed by atoms with Gasteiger partial charge in [-0.1, -0.05) is 167 Å². The van der Waals surface area contributed by atoms with E-state index in [-0.39, 0.29) is 13.0 Å². The quantitative estimate of drug-likeness (QED) is 0.0112. The van der Waals surface area contributed by atoms with Crippen LogP contribution in [0.15, 0.2) is 36.6 Å². The zero-order valence-electron chi connectivity index (χ0n) is 37.5. The molecule has 0 aromatic heterocycles. The van der Waals surface area contributed by atoms with Crippen molar-refractivity contribution >= 4 is 13.8 Å². The van der Waals surface area contributed by atoms with Crippen LogP contribution in [0.25, 0.3) is 0 Å². The van der Waals surface area contributed by atoms with Gasteiger partial charge in [0.25, 0.3) is 0 Å². The molecule has 1 fully saturated rings. The number of phosphoric ester groups is 1. The Labute approximate surface area is 363 Å². The number of ether oxygens (including phenoxy) is 2. The fourth-order valence-electron chi connectivity index (χ4n) is 7.23. The summed E-state index contributed by atoms with van der Waals surface area (Å²) in [6, 6.07) is 0. The largest absolute Gasteiger partial charge is 0.498 e. The number of rotatable bonds is 40. The molecular weight excluding hydrogens is 787 g/mol. The summed E-state index contributed by atoms with van der Waals surface area (Å²) < 4.78 is 34.0. The highest BCUT2D eigenvalue weighted by Crippen LogP contribution is 2.47. The molecule has 13 heteroatoms. The second-order valence-electron chi connectivity index (χ2n) is 16.7. The zero-order valence-corrected chi connectivity index (χ0v) is 38.4. The Morgan fingerprint density at radius 3 is 1.43 bits per heavy atom. The number of allylic oxidation sites excluding steroid dienone is 5. The molecule has 0 radical (unpaired) electrons. The lowest BCUT2D eigenvalue weighted by Crippen LogP contribution is -2.64.